The van der Waals surface area contributed by atoms with Crippen molar-refractivity contribution >= 4 is 45.0 Å². The fourth-order valence-corrected chi connectivity index (χ4v) is 3.31. The molecular weight excluding hydrogens is 288 g/mol. The second-order valence-electron chi connectivity index (χ2n) is 3.72. The first-order chi connectivity index (χ1) is 9.04. The SMILES string of the molecule is CCC(Sc1ccc2scnc2c1[N+](=O)[O-])C(=O)O. The maximum Gasteiger partial charge on any atom is 0.316 e. The van der Waals surface area contributed by atoms with Crippen molar-refractivity contribution in [2.45, 2.75) is 23.5 Å². The van der Waals surface area contributed by atoms with Gasteiger partial charge in [0.25, 0.3) is 0 Å². The van der Waals surface area contributed by atoms with Crippen LogP contribution in [0, 0.1) is 10.1 Å². The van der Waals surface area contributed by atoms with Crippen LogP contribution >= 0.6 is 23.1 Å². The molecule has 1 atom stereocenters. The summed E-state index contributed by atoms with van der Waals surface area (Å²) in [6.45, 7) is 1.74. The van der Waals surface area contributed by atoms with Crippen molar-refractivity contribution in [3.05, 3.63) is 27.8 Å². The van der Waals surface area contributed by atoms with Crippen molar-refractivity contribution in [2.75, 3.05) is 0 Å². The van der Waals surface area contributed by atoms with Gasteiger partial charge in [-0.1, -0.05) is 6.92 Å². The molecule has 0 spiro atoms. The first-order valence-corrected chi connectivity index (χ1v) is 7.20. The monoisotopic (exact) mass is 298 g/mol. The Balaban J connectivity index is 2.50. The fourth-order valence-electron chi connectivity index (χ4n) is 1.63. The number of carboxylic acids is 1. The molecule has 2 rings (SSSR count). The molecule has 1 aromatic heterocycles. The number of benzene rings is 1. The third-order valence-corrected chi connectivity index (χ3v) is 4.73. The molecule has 0 bridgehead atoms. The minimum atomic E-state index is -0.972. The lowest BCUT2D eigenvalue weighted by Crippen LogP contribution is -2.14. The summed E-state index contributed by atoms with van der Waals surface area (Å²) in [5, 5.41) is 19.5. The molecule has 1 heterocycles. The van der Waals surface area contributed by atoms with E-state index in [1.807, 2.05) is 0 Å². The van der Waals surface area contributed by atoms with Crippen LogP contribution in [0.15, 0.2) is 22.5 Å². The maximum absolute atomic E-state index is 11.2. The number of hydrogen-bond donors (Lipinski definition) is 1. The second kappa shape index (κ2) is 5.54. The van der Waals surface area contributed by atoms with Gasteiger partial charge in [0, 0.05) is 0 Å². The Labute approximate surface area is 116 Å². The van der Waals surface area contributed by atoms with Crippen LogP contribution in [-0.2, 0) is 4.79 Å². The molecule has 19 heavy (non-hydrogen) atoms. The number of aromatic nitrogens is 1. The van der Waals surface area contributed by atoms with E-state index in [1.165, 1.54) is 11.3 Å². The molecule has 0 aliphatic rings. The first kappa shape index (κ1) is 13.8. The van der Waals surface area contributed by atoms with E-state index >= 15 is 0 Å². The predicted molar refractivity (Wildman–Crippen MR) is 73.8 cm³/mol. The molecule has 1 N–H and O–H groups in total. The highest BCUT2D eigenvalue weighted by Gasteiger charge is 2.25. The smallest absolute Gasteiger partial charge is 0.316 e. The van der Waals surface area contributed by atoms with Gasteiger partial charge in [-0.3, -0.25) is 14.9 Å². The maximum atomic E-state index is 11.2. The van der Waals surface area contributed by atoms with Gasteiger partial charge >= 0.3 is 11.7 Å². The van der Waals surface area contributed by atoms with Gasteiger partial charge in [0.2, 0.25) is 0 Å². The van der Waals surface area contributed by atoms with Gasteiger partial charge in [0.05, 0.1) is 20.0 Å². The number of thiazole rings is 1. The number of aliphatic carboxylic acids is 1. The number of fused-ring (bicyclic) bond motifs is 1. The molecule has 0 aliphatic heterocycles. The number of hydrogen-bond acceptors (Lipinski definition) is 6. The van der Waals surface area contributed by atoms with Crippen LogP contribution in [0.1, 0.15) is 13.3 Å². The number of nitro groups is 1. The topological polar surface area (TPSA) is 93.3 Å². The Kier molecular flexibility index (Phi) is 4.01. The largest absolute Gasteiger partial charge is 0.480 e. The number of carboxylic acid groups (broad SMARTS) is 1. The van der Waals surface area contributed by atoms with E-state index in [0.717, 1.165) is 16.5 Å². The molecule has 0 aliphatic carbocycles. The minimum Gasteiger partial charge on any atom is -0.480 e. The van der Waals surface area contributed by atoms with E-state index in [9.17, 15) is 14.9 Å². The van der Waals surface area contributed by atoms with Gasteiger partial charge in [-0.15, -0.1) is 23.1 Å². The third-order valence-electron chi connectivity index (χ3n) is 2.54. The first-order valence-electron chi connectivity index (χ1n) is 5.44. The summed E-state index contributed by atoms with van der Waals surface area (Å²) in [5.41, 5.74) is 1.75. The van der Waals surface area contributed by atoms with Crippen molar-refractivity contribution in [3.8, 4) is 0 Å². The highest BCUT2D eigenvalue weighted by Crippen LogP contribution is 2.38. The van der Waals surface area contributed by atoms with Crippen LogP contribution in [0.5, 0.6) is 0 Å². The second-order valence-corrected chi connectivity index (χ2v) is 5.85. The number of rotatable bonds is 5. The van der Waals surface area contributed by atoms with Crippen LogP contribution in [0.2, 0.25) is 0 Å². The zero-order valence-electron chi connectivity index (χ0n) is 9.90. The van der Waals surface area contributed by atoms with Gasteiger partial charge in [-0.2, -0.15) is 0 Å². The quantitative estimate of drug-likeness (QED) is 0.517. The van der Waals surface area contributed by atoms with Crippen molar-refractivity contribution < 1.29 is 14.8 Å². The van der Waals surface area contributed by atoms with Crippen molar-refractivity contribution in [1.82, 2.24) is 4.98 Å². The molecule has 0 saturated heterocycles. The van der Waals surface area contributed by atoms with E-state index in [4.69, 9.17) is 5.11 Å². The number of nitro benzene ring substituents is 1. The summed E-state index contributed by atoms with van der Waals surface area (Å²) in [6, 6.07) is 3.33. The Hall–Kier alpha value is -1.67. The molecule has 1 aromatic carbocycles. The average molecular weight is 298 g/mol. The minimum absolute atomic E-state index is 0.108. The van der Waals surface area contributed by atoms with E-state index < -0.39 is 16.1 Å². The molecule has 0 fully saturated rings. The average Bonchev–Trinajstić information content (AvgIpc) is 2.82. The van der Waals surface area contributed by atoms with E-state index in [-0.39, 0.29) is 5.69 Å². The molecule has 8 heteroatoms. The van der Waals surface area contributed by atoms with Crippen molar-refractivity contribution in [3.63, 3.8) is 0 Å². The molecule has 2 aromatic rings. The van der Waals surface area contributed by atoms with Crippen molar-refractivity contribution in [1.29, 1.82) is 0 Å². The van der Waals surface area contributed by atoms with Gasteiger partial charge < -0.3 is 5.11 Å². The number of nitrogens with zero attached hydrogens (tertiary/aromatic N) is 2. The summed E-state index contributed by atoms with van der Waals surface area (Å²) in [7, 11) is 0. The summed E-state index contributed by atoms with van der Waals surface area (Å²) >= 11 is 2.31. The highest BCUT2D eigenvalue weighted by molar-refractivity contribution is 8.00. The Morgan fingerprint density at radius 3 is 2.95 bits per heavy atom. The number of thioether (sulfide) groups is 1. The van der Waals surface area contributed by atoms with Gasteiger partial charge in [0.15, 0.2) is 5.52 Å². The van der Waals surface area contributed by atoms with E-state index in [1.54, 1.807) is 24.6 Å². The van der Waals surface area contributed by atoms with Gasteiger partial charge in [0.1, 0.15) is 5.25 Å². The Bertz CT molecular complexity index is 641. The van der Waals surface area contributed by atoms with Crippen LogP contribution < -0.4 is 0 Å². The normalized spacial score (nSPS) is 12.5. The Morgan fingerprint density at radius 1 is 1.63 bits per heavy atom. The number of carbonyl (C=O) groups is 1. The van der Waals surface area contributed by atoms with Crippen molar-refractivity contribution in [2.24, 2.45) is 0 Å². The molecule has 0 radical (unpaired) electrons. The lowest BCUT2D eigenvalue weighted by atomic mass is 10.3. The molecular formula is C11H10N2O4S2. The lowest BCUT2D eigenvalue weighted by molar-refractivity contribution is -0.386. The lowest BCUT2D eigenvalue weighted by Gasteiger charge is -2.09. The van der Waals surface area contributed by atoms with Crippen LogP contribution in [0.4, 0.5) is 5.69 Å². The molecule has 6 nitrogen and oxygen atoms in total. The predicted octanol–water partition coefficient (Wildman–Crippen LogP) is 3.16. The summed E-state index contributed by atoms with van der Waals surface area (Å²) in [5.74, 6) is -0.972. The van der Waals surface area contributed by atoms with Crippen LogP contribution in [0.3, 0.4) is 0 Å². The highest BCUT2D eigenvalue weighted by atomic mass is 32.2. The summed E-state index contributed by atoms with van der Waals surface area (Å²) < 4.78 is 0.722. The van der Waals surface area contributed by atoms with Crippen LogP contribution in [0.25, 0.3) is 10.2 Å². The zero-order valence-corrected chi connectivity index (χ0v) is 11.5. The molecule has 0 saturated carbocycles. The summed E-state index contributed by atoms with van der Waals surface area (Å²) in [4.78, 5) is 26.0. The third kappa shape index (κ3) is 2.69. The molecule has 100 valence electrons. The molecule has 1 unspecified atom stereocenters. The Morgan fingerprint density at radius 2 is 2.37 bits per heavy atom. The van der Waals surface area contributed by atoms with E-state index in [0.29, 0.717) is 16.8 Å². The standard InChI is InChI=1S/C11H10N2O4S2/c1-2-6(11(14)15)19-8-4-3-7-9(12-5-18-7)10(8)13(16)17/h3-6H,2H2,1H3,(H,14,15). The van der Waals surface area contributed by atoms with E-state index in [2.05, 4.69) is 4.98 Å². The fraction of sp³-hybridized carbons (Fsp3) is 0.273. The van der Waals surface area contributed by atoms with Gasteiger partial charge in [-0.25, -0.2) is 4.98 Å². The van der Waals surface area contributed by atoms with Crippen LogP contribution in [-0.4, -0.2) is 26.2 Å². The molecule has 0 amide bonds. The zero-order chi connectivity index (χ0) is 14.0. The van der Waals surface area contributed by atoms with Gasteiger partial charge in [-0.05, 0) is 18.6 Å². The summed E-state index contributed by atoms with van der Waals surface area (Å²) in [6.07, 6.45) is 0.395.